The fourth-order valence-electron chi connectivity index (χ4n) is 4.38. The summed E-state index contributed by atoms with van der Waals surface area (Å²) in [5.41, 5.74) is 3.18. The van der Waals surface area contributed by atoms with Crippen molar-refractivity contribution in [2.45, 2.75) is 45.1 Å². The second-order valence-electron chi connectivity index (χ2n) is 8.98. The van der Waals surface area contributed by atoms with Crippen LogP contribution in [0.3, 0.4) is 0 Å². The van der Waals surface area contributed by atoms with Gasteiger partial charge >= 0.3 is 0 Å². The molecule has 1 saturated heterocycles. The van der Waals surface area contributed by atoms with Crippen molar-refractivity contribution in [2.24, 2.45) is 0 Å². The fraction of sp³-hybridized carbons (Fsp3) is 0.440. The minimum absolute atomic E-state index is 0.137. The third-order valence-corrected chi connectivity index (χ3v) is 6.02. The van der Waals surface area contributed by atoms with E-state index in [1.807, 2.05) is 59.1 Å². The van der Waals surface area contributed by atoms with Gasteiger partial charge in [0.15, 0.2) is 0 Å². The van der Waals surface area contributed by atoms with E-state index in [0.717, 1.165) is 42.0 Å². The van der Waals surface area contributed by atoms with Crippen LogP contribution in [0, 0.1) is 0 Å². The van der Waals surface area contributed by atoms with Crippen molar-refractivity contribution in [3.05, 3.63) is 60.4 Å². The van der Waals surface area contributed by atoms with Crippen molar-refractivity contribution in [1.29, 1.82) is 0 Å². The quantitative estimate of drug-likeness (QED) is 0.590. The molecule has 1 aliphatic rings. The standard InChI is InChI=1S/C25H32N6O/c1-18(2)24-26-12-14-31(24)17-22(32)30-13-8-11-20(16-30)23-21(19-9-6-5-7-10-19)15-27-25(28-23)29(3)4/h5-7,9-10,12,14-15,18,20H,8,11,13,16-17H2,1-4H3/t20-/m1/s1. The van der Waals surface area contributed by atoms with Crippen LogP contribution in [0.2, 0.25) is 0 Å². The molecule has 1 aliphatic heterocycles. The molecule has 0 N–H and O–H groups in total. The van der Waals surface area contributed by atoms with Gasteiger partial charge in [-0.3, -0.25) is 4.79 Å². The number of nitrogens with zero attached hydrogens (tertiary/aromatic N) is 6. The number of carbonyl (C=O) groups is 1. The number of aromatic nitrogens is 4. The van der Waals surface area contributed by atoms with Gasteiger partial charge in [0.2, 0.25) is 11.9 Å². The Kier molecular flexibility index (Phi) is 6.53. The number of amides is 1. The minimum Gasteiger partial charge on any atom is -0.347 e. The normalized spacial score (nSPS) is 16.4. The van der Waals surface area contributed by atoms with Gasteiger partial charge < -0.3 is 14.4 Å². The maximum atomic E-state index is 13.2. The Bertz CT molecular complexity index is 1060. The Morgan fingerprint density at radius 2 is 1.97 bits per heavy atom. The second kappa shape index (κ2) is 9.51. The zero-order chi connectivity index (χ0) is 22.7. The number of benzene rings is 1. The first-order valence-electron chi connectivity index (χ1n) is 11.3. The van der Waals surface area contributed by atoms with Gasteiger partial charge in [0.05, 0.1) is 5.69 Å². The molecule has 3 aromatic rings. The number of likely N-dealkylation sites (tertiary alicyclic amines) is 1. The van der Waals surface area contributed by atoms with Crippen LogP contribution in [0.5, 0.6) is 0 Å². The van der Waals surface area contributed by atoms with E-state index in [1.54, 1.807) is 6.20 Å². The number of piperidine rings is 1. The lowest BCUT2D eigenvalue weighted by Crippen LogP contribution is -2.41. The third kappa shape index (κ3) is 4.66. The molecule has 0 aliphatic carbocycles. The van der Waals surface area contributed by atoms with Crippen molar-refractivity contribution in [3.8, 4) is 11.1 Å². The molecule has 7 nitrogen and oxygen atoms in total. The van der Waals surface area contributed by atoms with Gasteiger partial charge in [0.25, 0.3) is 0 Å². The highest BCUT2D eigenvalue weighted by Gasteiger charge is 2.28. The number of anilines is 1. The molecule has 0 bridgehead atoms. The van der Waals surface area contributed by atoms with E-state index in [1.165, 1.54) is 0 Å². The highest BCUT2D eigenvalue weighted by Crippen LogP contribution is 2.34. The predicted molar refractivity (Wildman–Crippen MR) is 127 cm³/mol. The number of hydrogen-bond acceptors (Lipinski definition) is 5. The summed E-state index contributed by atoms with van der Waals surface area (Å²) >= 11 is 0. The van der Waals surface area contributed by atoms with E-state index in [9.17, 15) is 4.79 Å². The maximum Gasteiger partial charge on any atom is 0.242 e. The van der Waals surface area contributed by atoms with Crippen molar-refractivity contribution in [2.75, 3.05) is 32.1 Å². The molecular formula is C25H32N6O. The number of hydrogen-bond donors (Lipinski definition) is 0. The lowest BCUT2D eigenvalue weighted by atomic mass is 9.90. The average molecular weight is 433 g/mol. The van der Waals surface area contributed by atoms with E-state index in [0.29, 0.717) is 19.0 Å². The highest BCUT2D eigenvalue weighted by atomic mass is 16.2. The van der Waals surface area contributed by atoms with Gasteiger partial charge in [-0.2, -0.15) is 0 Å². The van der Waals surface area contributed by atoms with Gasteiger partial charge in [-0.25, -0.2) is 15.0 Å². The van der Waals surface area contributed by atoms with Gasteiger partial charge in [-0.05, 0) is 18.4 Å². The van der Waals surface area contributed by atoms with Gasteiger partial charge in [-0.15, -0.1) is 0 Å². The molecule has 1 aromatic carbocycles. The van der Waals surface area contributed by atoms with E-state index >= 15 is 0 Å². The topological polar surface area (TPSA) is 67.2 Å². The maximum absolute atomic E-state index is 13.2. The zero-order valence-electron chi connectivity index (χ0n) is 19.4. The molecule has 1 atom stereocenters. The smallest absolute Gasteiger partial charge is 0.242 e. The van der Waals surface area contributed by atoms with Crippen LogP contribution in [0.15, 0.2) is 48.9 Å². The van der Waals surface area contributed by atoms with E-state index in [4.69, 9.17) is 4.98 Å². The van der Waals surface area contributed by atoms with Gasteiger partial charge in [0.1, 0.15) is 12.4 Å². The van der Waals surface area contributed by atoms with Crippen molar-refractivity contribution in [1.82, 2.24) is 24.4 Å². The van der Waals surface area contributed by atoms with Crippen LogP contribution in [-0.4, -0.2) is 57.5 Å². The lowest BCUT2D eigenvalue weighted by molar-refractivity contribution is -0.133. The molecule has 4 rings (SSSR count). The molecule has 2 aromatic heterocycles. The third-order valence-electron chi connectivity index (χ3n) is 6.02. The molecule has 1 amide bonds. The number of imidazole rings is 1. The van der Waals surface area contributed by atoms with E-state index < -0.39 is 0 Å². The summed E-state index contributed by atoms with van der Waals surface area (Å²) in [7, 11) is 3.91. The van der Waals surface area contributed by atoms with Crippen molar-refractivity contribution < 1.29 is 4.79 Å². The minimum atomic E-state index is 0.137. The molecule has 7 heteroatoms. The first-order valence-corrected chi connectivity index (χ1v) is 11.3. The summed E-state index contributed by atoms with van der Waals surface area (Å²) in [6.45, 7) is 5.99. The number of carbonyl (C=O) groups excluding carboxylic acids is 1. The predicted octanol–water partition coefficient (Wildman–Crippen LogP) is 3.94. The van der Waals surface area contributed by atoms with Gasteiger partial charge in [0, 0.05) is 63.2 Å². The Morgan fingerprint density at radius 1 is 1.19 bits per heavy atom. The summed E-state index contributed by atoms with van der Waals surface area (Å²) in [6, 6.07) is 10.3. The Labute approximate surface area is 190 Å². The van der Waals surface area contributed by atoms with Crippen LogP contribution >= 0.6 is 0 Å². The molecule has 3 heterocycles. The van der Waals surface area contributed by atoms with Gasteiger partial charge in [-0.1, -0.05) is 44.2 Å². The molecule has 168 valence electrons. The molecule has 0 unspecified atom stereocenters. The van der Waals surface area contributed by atoms with Crippen molar-refractivity contribution >= 4 is 11.9 Å². The molecule has 0 spiro atoms. The lowest BCUT2D eigenvalue weighted by Gasteiger charge is -2.34. The molecule has 32 heavy (non-hydrogen) atoms. The Balaban J connectivity index is 1.59. The van der Waals surface area contributed by atoms with Crippen LogP contribution in [0.25, 0.3) is 11.1 Å². The Morgan fingerprint density at radius 3 is 2.69 bits per heavy atom. The monoisotopic (exact) mass is 432 g/mol. The summed E-state index contributed by atoms with van der Waals surface area (Å²) < 4.78 is 1.97. The summed E-state index contributed by atoms with van der Waals surface area (Å²) in [5, 5.41) is 0. The fourth-order valence-corrected chi connectivity index (χ4v) is 4.38. The average Bonchev–Trinajstić information content (AvgIpc) is 3.28. The molecular weight excluding hydrogens is 400 g/mol. The molecule has 1 fully saturated rings. The first kappa shape index (κ1) is 22.0. The summed E-state index contributed by atoms with van der Waals surface area (Å²) in [6.07, 6.45) is 7.57. The van der Waals surface area contributed by atoms with Crippen molar-refractivity contribution in [3.63, 3.8) is 0 Å². The van der Waals surface area contributed by atoms with E-state index in [2.05, 4.69) is 35.9 Å². The molecule has 0 saturated carbocycles. The van der Waals surface area contributed by atoms with Crippen LogP contribution in [0.1, 0.15) is 50.0 Å². The summed E-state index contributed by atoms with van der Waals surface area (Å²) in [4.78, 5) is 31.0. The number of rotatable bonds is 6. The molecule has 0 radical (unpaired) electrons. The largest absolute Gasteiger partial charge is 0.347 e. The second-order valence-corrected chi connectivity index (χ2v) is 8.98. The Hall–Kier alpha value is -3.22. The zero-order valence-corrected chi connectivity index (χ0v) is 19.4. The van der Waals surface area contributed by atoms with Crippen LogP contribution < -0.4 is 4.90 Å². The highest BCUT2D eigenvalue weighted by molar-refractivity contribution is 5.76. The first-order chi connectivity index (χ1) is 15.4. The SMILES string of the molecule is CC(C)c1nccn1CC(=O)N1CCC[C@@H](c2nc(N(C)C)ncc2-c2ccccc2)C1. The summed E-state index contributed by atoms with van der Waals surface area (Å²) in [5.74, 6) is 2.24. The van der Waals surface area contributed by atoms with E-state index in [-0.39, 0.29) is 17.7 Å². The van der Waals surface area contributed by atoms with Crippen LogP contribution in [-0.2, 0) is 11.3 Å². The van der Waals surface area contributed by atoms with Crippen LogP contribution in [0.4, 0.5) is 5.95 Å².